The van der Waals surface area contributed by atoms with E-state index in [9.17, 15) is 62.7 Å². The van der Waals surface area contributed by atoms with Crippen LogP contribution in [0.5, 0.6) is 0 Å². The van der Waals surface area contributed by atoms with Crippen LogP contribution in [0.1, 0.15) is 200 Å². The van der Waals surface area contributed by atoms with Crippen molar-refractivity contribution in [2.45, 2.75) is 163 Å². The lowest BCUT2D eigenvalue weighted by atomic mass is 10.0. The number of carbonyl (C=O) groups is 5. The van der Waals surface area contributed by atoms with E-state index in [-0.39, 0.29) is 115 Å². The smallest absolute Gasteiger partial charge is 0.248 e. The fourth-order valence-corrected chi connectivity index (χ4v) is 21.4. The lowest BCUT2D eigenvalue weighted by Crippen LogP contribution is -2.35. The van der Waals surface area contributed by atoms with Crippen LogP contribution in [0.25, 0.3) is 27.9 Å². The maximum Gasteiger partial charge on any atom is 0.248 e. The Bertz CT molecular complexity index is 6490. The third-order valence-electron chi connectivity index (χ3n) is 24.4. The van der Waals surface area contributed by atoms with Crippen LogP contribution in [0, 0.1) is 59.0 Å². The highest BCUT2D eigenvalue weighted by atomic mass is 35.5. The molecule has 0 saturated heterocycles. The molecule has 5 aliphatic carbocycles. The van der Waals surface area contributed by atoms with Gasteiger partial charge in [-0.15, -0.1) is 56.7 Å². The number of aliphatic hydroxyl groups excluding tert-OH is 5. The van der Waals surface area contributed by atoms with Crippen molar-refractivity contribution < 1.29 is 62.7 Å². The van der Waals surface area contributed by atoms with Crippen LogP contribution in [0.4, 0.5) is 13.2 Å². The largest absolute Gasteiger partial charge is 0.391 e. The van der Waals surface area contributed by atoms with Crippen LogP contribution in [0.3, 0.4) is 0 Å². The number of nitrogens with two attached hydrogens (primary N) is 1. The van der Waals surface area contributed by atoms with Crippen molar-refractivity contribution in [3.63, 3.8) is 0 Å². The first-order chi connectivity index (χ1) is 69.1. The van der Waals surface area contributed by atoms with E-state index in [4.69, 9.17) is 52.1 Å². The zero-order valence-corrected chi connectivity index (χ0v) is 90.8. The molecule has 5 unspecified atom stereocenters. The summed E-state index contributed by atoms with van der Waals surface area (Å²) in [6.45, 7) is 15.9. The minimum atomic E-state index is -0.479. The molecule has 37 heteroatoms. The van der Waals surface area contributed by atoms with Gasteiger partial charge in [-0.1, -0.05) is 150 Å². The Labute approximate surface area is 885 Å². The zero-order valence-electron chi connectivity index (χ0n) is 83.7. The van der Waals surface area contributed by atoms with Crippen LogP contribution in [0.15, 0.2) is 191 Å². The summed E-state index contributed by atoms with van der Waals surface area (Å²) in [4.78, 5) is 99.5. The molecular formula is C108H124Cl4F3N15O10S5. The number of aromatic nitrogens is 5. The summed E-state index contributed by atoms with van der Waals surface area (Å²) in [6, 6.07) is 28.4. The first kappa shape index (κ1) is 115. The third-order valence-corrected chi connectivity index (χ3v) is 31.8. The van der Waals surface area contributed by atoms with Gasteiger partial charge in [0.15, 0.2) is 0 Å². The fraction of sp³-hybridized carbons (Fsp3) is 0.352. The topological polar surface area (TPSA) is 350 Å². The van der Waals surface area contributed by atoms with E-state index < -0.39 is 11.6 Å². The summed E-state index contributed by atoms with van der Waals surface area (Å²) in [6.07, 6.45) is 21.4. The molecule has 0 fully saturated rings. The number of aliphatic hydroxyl groups is 5. The van der Waals surface area contributed by atoms with E-state index in [0.29, 0.717) is 94.9 Å². The van der Waals surface area contributed by atoms with E-state index in [1.807, 2.05) is 194 Å². The van der Waals surface area contributed by atoms with Gasteiger partial charge < -0.3 is 77.4 Å². The number of allylic oxidation sites excluding steroid dienone is 15. The summed E-state index contributed by atoms with van der Waals surface area (Å²) >= 11 is 30.5. The second-order valence-corrected chi connectivity index (χ2v) is 43.7. The first-order valence-corrected chi connectivity index (χ1v) is 52.6. The standard InChI is InChI=1S/C23H28FN3O2S.C22H25ClFN3O2S.C22H26ClN3O2S.C21H23ClFN3O2S.C20H22ClN3O2S/c1-14-5-6-17(12-19(14)24)16-7-8-18(11-16)22(29)26-20(9-10-27(3)4)23-25-15(2)21(13-28)30-23;1-13-20(12-28)30-22(25-13)19(8-9-27(2)3)26-21(29)16-5-4-14(10-16)15-6-7-17(23)18(24)11-15;1-14-20(13-27)29-22(24-14)19(10-11-26(2)3)25-21(28)17-5-4-16(12-17)15-6-8-18(23)9-7-15;1-12-19(11-27)29-21(24-12)18(10-26(2)3)25-20(28)15-5-4-13(8-15)14-6-7-16(22)17(23)9-14;1-11-7-14(13-3-5-15(21)6-4-13)8-16(11)19(26)24-17(9-22)20-23-12(2)18(10-25)27-20/h5-8,12,20,28H,9-11,13H2,1-4H3,(H,26,29);4-7,11,19,28H,8-10,12H2,1-3H3,(H,26,29);4-9,19,27H,10-13H2,1-3H3,(H,25,28);4-7,9,18,27H,8,10-11H2,1-3H3,(H,25,28);3-7,17,25H,8-10,22H2,1-2H3,(H,24,26). The maximum absolute atomic E-state index is 13.9. The minimum absolute atomic E-state index is 0.0304. The Balaban J connectivity index is 0.000000173. The fourth-order valence-electron chi connectivity index (χ4n) is 15.9. The van der Waals surface area contributed by atoms with Gasteiger partial charge in [0.25, 0.3) is 0 Å². The molecule has 5 amide bonds. The number of rotatable bonds is 37. The van der Waals surface area contributed by atoms with Gasteiger partial charge in [-0.05, 0) is 265 Å². The van der Waals surface area contributed by atoms with E-state index in [2.05, 4.69) is 66.2 Å². The highest BCUT2D eigenvalue weighted by molar-refractivity contribution is 7.13. The van der Waals surface area contributed by atoms with Crippen LogP contribution in [0.2, 0.25) is 20.1 Å². The third kappa shape index (κ3) is 32.3. The molecule has 5 atom stereocenters. The number of amides is 5. The lowest BCUT2D eigenvalue weighted by molar-refractivity contribution is -0.119. The van der Waals surface area contributed by atoms with Crippen molar-refractivity contribution in [3.05, 3.63) is 340 Å². The minimum Gasteiger partial charge on any atom is -0.391 e. The Kier molecular flexibility index (Phi) is 43.1. The number of hydrogen-bond acceptors (Lipinski definition) is 25. The Morgan fingerprint density at radius 3 is 0.917 bits per heavy atom. The predicted molar refractivity (Wildman–Crippen MR) is 580 cm³/mol. The van der Waals surface area contributed by atoms with E-state index in [1.54, 1.807) is 43.4 Å². The second-order valence-electron chi connectivity index (χ2n) is 36.5. The molecule has 0 radical (unpaired) electrons. The predicted octanol–water partition coefficient (Wildman–Crippen LogP) is 19.7. The van der Waals surface area contributed by atoms with Crippen LogP contribution in [-0.4, -0.2) is 189 Å². The normalized spacial score (nSPS) is 14.7. The van der Waals surface area contributed by atoms with Gasteiger partial charge in [-0.25, -0.2) is 38.1 Å². The van der Waals surface area contributed by atoms with Crippen LogP contribution in [-0.2, 0) is 57.0 Å². The molecule has 5 aromatic heterocycles. The van der Waals surface area contributed by atoms with Crippen molar-refractivity contribution in [1.82, 2.24) is 71.1 Å². The monoisotopic (exact) mass is 2150 g/mol. The van der Waals surface area contributed by atoms with Crippen molar-refractivity contribution >= 4 is 160 Å². The molecule has 5 heterocycles. The molecule has 25 nitrogen and oxygen atoms in total. The molecule has 0 bridgehead atoms. The Hall–Kier alpha value is -10.5. The molecule has 12 N–H and O–H groups in total. The van der Waals surface area contributed by atoms with Gasteiger partial charge in [0.2, 0.25) is 29.5 Å². The number of likely N-dealkylation sites (N-methyl/N-ethyl adjacent to an activating group) is 1. The molecule has 770 valence electrons. The second kappa shape index (κ2) is 54.5. The average Bonchev–Trinajstić information content (AvgIpc) is 1.67. The Morgan fingerprint density at radius 2 is 0.628 bits per heavy atom. The molecule has 5 aliphatic rings. The molecule has 10 aromatic rings. The van der Waals surface area contributed by atoms with Crippen LogP contribution >= 0.6 is 103 Å². The number of benzene rings is 5. The first-order valence-electron chi connectivity index (χ1n) is 47.0. The molecule has 145 heavy (non-hydrogen) atoms. The zero-order chi connectivity index (χ0) is 105. The molecule has 15 rings (SSSR count). The number of halogens is 7. The number of aryl methyl sites for hydroxylation is 6. The number of thiazole rings is 5. The van der Waals surface area contributed by atoms with Crippen molar-refractivity contribution in [2.75, 3.05) is 89.1 Å². The Morgan fingerprint density at radius 1 is 0.352 bits per heavy atom. The molecule has 0 saturated carbocycles. The highest BCUT2D eigenvalue weighted by Gasteiger charge is 2.32. The van der Waals surface area contributed by atoms with Crippen molar-refractivity contribution in [1.29, 1.82) is 0 Å². The van der Waals surface area contributed by atoms with E-state index in [1.165, 1.54) is 87.0 Å². The molecular weight excluding hydrogens is 2030 g/mol. The molecule has 0 aliphatic heterocycles. The molecule has 0 spiro atoms. The summed E-state index contributed by atoms with van der Waals surface area (Å²) in [5.41, 5.74) is 23.9. The van der Waals surface area contributed by atoms with Crippen molar-refractivity contribution in [3.8, 4) is 0 Å². The van der Waals surface area contributed by atoms with E-state index >= 15 is 0 Å². The van der Waals surface area contributed by atoms with Crippen molar-refractivity contribution in [2.24, 2.45) is 5.73 Å². The number of nitrogens with zero attached hydrogens (tertiary/aromatic N) is 9. The van der Waals surface area contributed by atoms with Gasteiger partial charge in [0, 0.05) is 83.1 Å². The number of carbonyl (C=O) groups excluding carboxylic acids is 5. The average molecular weight is 2150 g/mol. The van der Waals surface area contributed by atoms with Gasteiger partial charge in [-0.3, -0.25) is 24.0 Å². The summed E-state index contributed by atoms with van der Waals surface area (Å²) in [5.74, 6) is -1.91. The summed E-state index contributed by atoms with van der Waals surface area (Å²) < 4.78 is 41.4. The number of hydrogen-bond donors (Lipinski definition) is 11. The highest BCUT2D eigenvalue weighted by Crippen LogP contribution is 2.40. The van der Waals surface area contributed by atoms with Gasteiger partial charge in [-0.2, -0.15) is 0 Å². The van der Waals surface area contributed by atoms with Gasteiger partial charge in [0.1, 0.15) is 42.5 Å². The number of nitrogens with one attached hydrogen (secondary N) is 5. The lowest BCUT2D eigenvalue weighted by Gasteiger charge is -2.21. The summed E-state index contributed by atoms with van der Waals surface area (Å²) in [7, 11) is 15.8. The van der Waals surface area contributed by atoms with Crippen LogP contribution < -0.4 is 32.3 Å². The molecule has 5 aromatic carbocycles. The van der Waals surface area contributed by atoms with Gasteiger partial charge in [0.05, 0.1) is 126 Å². The maximum atomic E-state index is 13.9. The van der Waals surface area contributed by atoms with E-state index in [0.717, 1.165) is 165 Å². The quantitative estimate of drug-likeness (QED) is 0.0172. The SMILES string of the molecule is CC1=C(C(=O)NC(CN)c2nc(C)c(CO)s2)CC(c2ccc(Cl)cc2)=C1.Cc1ccc(C2=CC=C(C(=O)NC(CCN(C)C)c3nc(C)c(CO)s3)C2)cc1F.Cc1nc(C(CCN(C)C)NC(=O)C2=CC=C(c3ccc(Cl)c(F)c3)C2)sc1CO.Cc1nc(C(CCN(C)C)NC(=O)C2=CC=C(c3ccc(Cl)cc3)C2)sc1CO.Cc1nc(C(CN(C)C)NC(=O)C2=CC=C(c3ccc(Cl)c(F)c3)C2)sc1CO. The summed E-state index contributed by atoms with van der Waals surface area (Å²) in [5, 5.41) is 68.1. The van der Waals surface area contributed by atoms with Gasteiger partial charge >= 0.3 is 0 Å².